The van der Waals surface area contributed by atoms with Crippen molar-refractivity contribution in [3.05, 3.63) is 119 Å². The largest absolute Gasteiger partial charge is 0.488 e. The number of benzene rings is 4. The van der Waals surface area contributed by atoms with E-state index in [1.807, 2.05) is 73.7 Å². The van der Waals surface area contributed by atoms with Gasteiger partial charge in [-0.2, -0.15) is 0 Å². The molecular weight excluding hydrogens is 490 g/mol. The van der Waals surface area contributed by atoms with Crippen LogP contribution < -0.4 is 20.3 Å². The Kier molecular flexibility index (Phi) is 8.19. The van der Waals surface area contributed by atoms with Crippen molar-refractivity contribution in [2.75, 3.05) is 41.8 Å². The number of hydrogen-bond acceptors (Lipinski definition) is 5. The molecule has 198 valence electrons. The third-order valence-electron chi connectivity index (χ3n) is 6.60. The standard InChI is InChI=1S/C32H31N3O4/c1-23-14-15-25(31(36)33-26-10-7-11-27(21-26)35-16-18-38-19-17-35)20-29(23)34-32(37)28-12-5-6-13-30(28)39-22-24-8-3-2-4-9-24/h2-15,20-21H,16-19,22H2,1H3,(H,33,36)(H,34,37). The van der Waals surface area contributed by atoms with Crippen LogP contribution in [0.4, 0.5) is 17.1 Å². The minimum absolute atomic E-state index is 0.253. The van der Waals surface area contributed by atoms with Gasteiger partial charge in [0.2, 0.25) is 0 Å². The Hall–Kier alpha value is -4.62. The molecule has 0 aromatic heterocycles. The maximum absolute atomic E-state index is 13.3. The molecule has 1 fully saturated rings. The molecule has 0 unspecified atom stereocenters. The van der Waals surface area contributed by atoms with Gasteiger partial charge >= 0.3 is 0 Å². The fraction of sp³-hybridized carbons (Fsp3) is 0.188. The summed E-state index contributed by atoms with van der Waals surface area (Å²) in [5, 5.41) is 5.94. The highest BCUT2D eigenvalue weighted by molar-refractivity contribution is 6.08. The number of aryl methyl sites for hydroxylation is 1. The topological polar surface area (TPSA) is 79.9 Å². The Balaban J connectivity index is 1.28. The molecule has 1 aliphatic heterocycles. The predicted octanol–water partition coefficient (Wildman–Crippen LogP) is 5.92. The summed E-state index contributed by atoms with van der Waals surface area (Å²) in [6, 6.07) is 30.0. The third kappa shape index (κ3) is 6.64. The average Bonchev–Trinajstić information content (AvgIpc) is 2.98. The fourth-order valence-electron chi connectivity index (χ4n) is 4.41. The van der Waals surface area contributed by atoms with Crippen molar-refractivity contribution in [1.82, 2.24) is 0 Å². The first-order chi connectivity index (χ1) is 19.1. The van der Waals surface area contributed by atoms with Crippen LogP contribution in [0.15, 0.2) is 97.1 Å². The summed E-state index contributed by atoms with van der Waals surface area (Å²) >= 11 is 0. The normalized spacial score (nSPS) is 13.0. The second-order valence-electron chi connectivity index (χ2n) is 9.36. The highest BCUT2D eigenvalue weighted by Crippen LogP contribution is 2.25. The summed E-state index contributed by atoms with van der Waals surface area (Å²) in [6.07, 6.45) is 0. The number of amides is 2. The van der Waals surface area contributed by atoms with Gasteiger partial charge in [-0.05, 0) is 60.5 Å². The summed E-state index contributed by atoms with van der Waals surface area (Å²) in [4.78, 5) is 28.6. The van der Waals surface area contributed by atoms with E-state index < -0.39 is 0 Å². The van der Waals surface area contributed by atoms with Crippen molar-refractivity contribution in [3.8, 4) is 5.75 Å². The van der Waals surface area contributed by atoms with E-state index >= 15 is 0 Å². The number of nitrogens with one attached hydrogen (secondary N) is 2. The van der Waals surface area contributed by atoms with E-state index in [1.54, 1.807) is 30.3 Å². The van der Waals surface area contributed by atoms with Gasteiger partial charge in [-0.25, -0.2) is 0 Å². The Morgan fingerprint density at radius 2 is 1.59 bits per heavy atom. The van der Waals surface area contributed by atoms with Crippen LogP contribution in [-0.2, 0) is 11.3 Å². The van der Waals surface area contributed by atoms with Crippen LogP contribution in [0.3, 0.4) is 0 Å². The summed E-state index contributed by atoms with van der Waals surface area (Å²) in [6.45, 7) is 5.27. The van der Waals surface area contributed by atoms with Crippen LogP contribution in [0.5, 0.6) is 5.75 Å². The molecule has 1 heterocycles. The molecule has 0 radical (unpaired) electrons. The van der Waals surface area contributed by atoms with E-state index in [4.69, 9.17) is 9.47 Å². The van der Waals surface area contributed by atoms with Crippen molar-refractivity contribution in [2.24, 2.45) is 0 Å². The molecular formula is C32H31N3O4. The zero-order chi connectivity index (χ0) is 27.0. The molecule has 1 aliphatic rings. The molecule has 7 heteroatoms. The Morgan fingerprint density at radius 1 is 0.821 bits per heavy atom. The van der Waals surface area contributed by atoms with Crippen LogP contribution in [-0.4, -0.2) is 38.1 Å². The highest BCUT2D eigenvalue weighted by atomic mass is 16.5. The lowest BCUT2D eigenvalue weighted by atomic mass is 10.1. The van der Waals surface area contributed by atoms with Crippen LogP contribution in [0, 0.1) is 6.92 Å². The number of carbonyl (C=O) groups excluding carboxylic acids is 2. The lowest BCUT2D eigenvalue weighted by molar-refractivity contribution is 0.101. The number of morpholine rings is 1. The third-order valence-corrected chi connectivity index (χ3v) is 6.60. The number of rotatable bonds is 8. The van der Waals surface area contributed by atoms with E-state index in [2.05, 4.69) is 15.5 Å². The van der Waals surface area contributed by atoms with Gasteiger partial charge in [-0.15, -0.1) is 0 Å². The first kappa shape index (κ1) is 26.0. The van der Waals surface area contributed by atoms with Crippen LogP contribution >= 0.6 is 0 Å². The van der Waals surface area contributed by atoms with E-state index in [0.717, 1.165) is 29.9 Å². The molecule has 7 nitrogen and oxygen atoms in total. The second kappa shape index (κ2) is 12.3. The predicted molar refractivity (Wildman–Crippen MR) is 154 cm³/mol. The smallest absolute Gasteiger partial charge is 0.259 e. The average molecular weight is 522 g/mol. The van der Waals surface area contributed by atoms with Gasteiger partial charge in [0, 0.05) is 35.7 Å². The van der Waals surface area contributed by atoms with Crippen LogP contribution in [0.25, 0.3) is 0 Å². The van der Waals surface area contributed by atoms with Crippen LogP contribution in [0.1, 0.15) is 31.8 Å². The Morgan fingerprint density at radius 3 is 2.41 bits per heavy atom. The zero-order valence-electron chi connectivity index (χ0n) is 21.9. The Bertz CT molecular complexity index is 1450. The maximum atomic E-state index is 13.3. The minimum Gasteiger partial charge on any atom is -0.488 e. The van der Waals surface area contributed by atoms with Gasteiger partial charge < -0.3 is 25.0 Å². The molecule has 0 bridgehead atoms. The molecule has 1 saturated heterocycles. The fourth-order valence-corrected chi connectivity index (χ4v) is 4.41. The van der Waals surface area contributed by atoms with Crippen molar-refractivity contribution in [3.63, 3.8) is 0 Å². The Labute approximate surface area is 228 Å². The summed E-state index contributed by atoms with van der Waals surface area (Å²) in [5.41, 5.74) is 5.03. The lowest BCUT2D eigenvalue weighted by Crippen LogP contribution is -2.36. The van der Waals surface area contributed by atoms with Gasteiger partial charge in [0.15, 0.2) is 0 Å². The zero-order valence-corrected chi connectivity index (χ0v) is 21.9. The number of anilines is 3. The highest BCUT2D eigenvalue weighted by Gasteiger charge is 2.16. The van der Waals surface area contributed by atoms with Gasteiger partial charge in [0.1, 0.15) is 12.4 Å². The molecule has 2 N–H and O–H groups in total. The monoisotopic (exact) mass is 521 g/mol. The van der Waals surface area contributed by atoms with Gasteiger partial charge in [0.05, 0.1) is 18.8 Å². The van der Waals surface area contributed by atoms with Crippen molar-refractivity contribution < 1.29 is 19.1 Å². The van der Waals surface area contributed by atoms with Crippen molar-refractivity contribution in [2.45, 2.75) is 13.5 Å². The quantitative estimate of drug-likeness (QED) is 0.301. The molecule has 0 aliphatic carbocycles. The maximum Gasteiger partial charge on any atom is 0.259 e. The molecule has 4 aromatic rings. The first-order valence-corrected chi connectivity index (χ1v) is 13.0. The van der Waals surface area contributed by atoms with Crippen molar-refractivity contribution >= 4 is 28.9 Å². The molecule has 0 atom stereocenters. The minimum atomic E-state index is -0.308. The molecule has 0 spiro atoms. The summed E-state index contributed by atoms with van der Waals surface area (Å²) < 4.78 is 11.4. The first-order valence-electron chi connectivity index (χ1n) is 13.0. The molecule has 4 aromatic carbocycles. The number of ether oxygens (including phenoxy) is 2. The summed E-state index contributed by atoms with van der Waals surface area (Å²) in [7, 11) is 0. The lowest BCUT2D eigenvalue weighted by Gasteiger charge is -2.29. The molecule has 2 amide bonds. The molecule has 0 saturated carbocycles. The second-order valence-corrected chi connectivity index (χ2v) is 9.36. The van der Waals surface area contributed by atoms with E-state index in [1.165, 1.54) is 0 Å². The van der Waals surface area contributed by atoms with E-state index in [-0.39, 0.29) is 11.8 Å². The number of para-hydroxylation sites is 1. The summed E-state index contributed by atoms with van der Waals surface area (Å²) in [5.74, 6) is -0.0701. The molecule has 5 rings (SSSR count). The van der Waals surface area contributed by atoms with Gasteiger partial charge in [0.25, 0.3) is 11.8 Å². The van der Waals surface area contributed by atoms with Gasteiger partial charge in [-0.1, -0.05) is 54.6 Å². The SMILES string of the molecule is Cc1ccc(C(=O)Nc2cccc(N3CCOCC3)c2)cc1NC(=O)c1ccccc1OCc1ccccc1. The van der Waals surface area contributed by atoms with Crippen molar-refractivity contribution in [1.29, 1.82) is 0 Å². The van der Waals surface area contributed by atoms with Gasteiger partial charge in [-0.3, -0.25) is 9.59 Å². The molecule has 39 heavy (non-hydrogen) atoms. The van der Waals surface area contributed by atoms with Crippen LogP contribution in [0.2, 0.25) is 0 Å². The number of nitrogens with zero attached hydrogens (tertiary/aromatic N) is 1. The van der Waals surface area contributed by atoms with E-state index in [0.29, 0.717) is 48.1 Å². The number of carbonyl (C=O) groups is 2. The number of hydrogen-bond donors (Lipinski definition) is 2. The van der Waals surface area contributed by atoms with E-state index in [9.17, 15) is 9.59 Å².